The van der Waals surface area contributed by atoms with Crippen LogP contribution in [0.3, 0.4) is 0 Å². The summed E-state index contributed by atoms with van der Waals surface area (Å²) >= 11 is 0. The summed E-state index contributed by atoms with van der Waals surface area (Å²) in [6.07, 6.45) is 8.26. The van der Waals surface area contributed by atoms with Gasteiger partial charge in [0.05, 0.1) is 0 Å². The highest BCUT2D eigenvalue weighted by Gasteiger charge is 2.22. The maximum Gasteiger partial charge on any atom is 0.00701 e. The number of piperidine rings is 2. The number of hydrogen-bond acceptors (Lipinski definition) is 2. The summed E-state index contributed by atoms with van der Waals surface area (Å²) in [4.78, 5) is 0. The zero-order valence-electron chi connectivity index (χ0n) is 11.0. The van der Waals surface area contributed by atoms with Gasteiger partial charge in [0.15, 0.2) is 0 Å². The molecule has 2 heterocycles. The van der Waals surface area contributed by atoms with Gasteiger partial charge in [0.1, 0.15) is 0 Å². The van der Waals surface area contributed by atoms with Crippen LogP contribution < -0.4 is 10.6 Å². The third kappa shape index (κ3) is 3.74. The minimum atomic E-state index is 0.794. The van der Waals surface area contributed by atoms with Gasteiger partial charge in [0.2, 0.25) is 0 Å². The van der Waals surface area contributed by atoms with Crippen LogP contribution >= 0.6 is 0 Å². The Balaban J connectivity index is 1.66. The van der Waals surface area contributed by atoms with Gasteiger partial charge in [-0.1, -0.05) is 13.8 Å². The predicted octanol–water partition coefficient (Wildman–Crippen LogP) is 2.54. The van der Waals surface area contributed by atoms with Crippen LogP contribution in [0.15, 0.2) is 0 Å². The Bertz CT molecular complexity index is 183. The van der Waals surface area contributed by atoms with Gasteiger partial charge in [-0.05, 0) is 63.5 Å². The van der Waals surface area contributed by atoms with E-state index in [1.165, 1.54) is 51.6 Å². The highest BCUT2D eigenvalue weighted by atomic mass is 14.9. The fraction of sp³-hybridized carbons (Fsp3) is 1.00. The van der Waals surface area contributed by atoms with Crippen molar-refractivity contribution in [1.29, 1.82) is 0 Å². The van der Waals surface area contributed by atoms with Gasteiger partial charge >= 0.3 is 0 Å². The first-order chi connectivity index (χ1) is 7.74. The maximum absolute atomic E-state index is 3.67. The van der Waals surface area contributed by atoms with E-state index in [-0.39, 0.29) is 0 Å². The lowest BCUT2D eigenvalue weighted by atomic mass is 9.87. The highest BCUT2D eigenvalue weighted by Crippen LogP contribution is 2.22. The standard InChI is InChI=1S/C14H28N2/c1-11-5-7-15-13(9-11)3-4-14-10-12(2)6-8-16-14/h11-16H,3-10H2,1-2H3. The Morgan fingerprint density at radius 1 is 0.812 bits per heavy atom. The quantitative estimate of drug-likeness (QED) is 0.770. The van der Waals surface area contributed by atoms with Crippen LogP contribution in [-0.2, 0) is 0 Å². The molecule has 0 bridgehead atoms. The average Bonchev–Trinajstić information content (AvgIpc) is 2.27. The van der Waals surface area contributed by atoms with Gasteiger partial charge in [-0.2, -0.15) is 0 Å². The summed E-state index contributed by atoms with van der Waals surface area (Å²) in [6.45, 7) is 7.27. The van der Waals surface area contributed by atoms with Crippen LogP contribution in [0.5, 0.6) is 0 Å². The van der Waals surface area contributed by atoms with Gasteiger partial charge in [0, 0.05) is 12.1 Å². The monoisotopic (exact) mass is 224 g/mol. The Morgan fingerprint density at radius 3 is 1.62 bits per heavy atom. The van der Waals surface area contributed by atoms with Crippen molar-refractivity contribution in [3.05, 3.63) is 0 Å². The number of rotatable bonds is 3. The molecule has 2 nitrogen and oxygen atoms in total. The first-order valence-corrected chi connectivity index (χ1v) is 7.21. The molecule has 94 valence electrons. The van der Waals surface area contributed by atoms with E-state index in [1.54, 1.807) is 0 Å². The normalized spacial score (nSPS) is 40.9. The second-order valence-corrected chi connectivity index (χ2v) is 6.14. The number of nitrogens with one attached hydrogen (secondary N) is 2. The Labute approximate surface area is 101 Å². The summed E-state index contributed by atoms with van der Waals surface area (Å²) in [5.41, 5.74) is 0. The molecule has 0 amide bonds. The molecular formula is C14H28N2. The molecule has 0 spiro atoms. The van der Waals surface area contributed by atoms with Crippen LogP contribution in [0, 0.1) is 11.8 Å². The van der Waals surface area contributed by atoms with Crippen LogP contribution in [0.4, 0.5) is 0 Å². The van der Waals surface area contributed by atoms with Crippen molar-refractivity contribution in [2.24, 2.45) is 11.8 Å². The van der Waals surface area contributed by atoms with Crippen molar-refractivity contribution >= 4 is 0 Å². The van der Waals surface area contributed by atoms with E-state index in [2.05, 4.69) is 24.5 Å². The molecule has 0 radical (unpaired) electrons. The molecule has 0 aliphatic carbocycles. The van der Waals surface area contributed by atoms with Gasteiger partial charge in [-0.3, -0.25) is 0 Å². The van der Waals surface area contributed by atoms with E-state index in [0.717, 1.165) is 23.9 Å². The minimum Gasteiger partial charge on any atom is -0.314 e. The van der Waals surface area contributed by atoms with Crippen LogP contribution in [0.25, 0.3) is 0 Å². The van der Waals surface area contributed by atoms with Gasteiger partial charge in [-0.15, -0.1) is 0 Å². The van der Waals surface area contributed by atoms with E-state index < -0.39 is 0 Å². The predicted molar refractivity (Wildman–Crippen MR) is 69.6 cm³/mol. The SMILES string of the molecule is CC1CCNC(CCC2CC(C)CCN2)C1. The summed E-state index contributed by atoms with van der Waals surface area (Å²) in [5, 5.41) is 7.35. The Kier molecular flexibility index (Phi) is 4.66. The Hall–Kier alpha value is -0.0800. The third-order valence-electron chi connectivity index (χ3n) is 4.38. The number of hydrogen-bond donors (Lipinski definition) is 2. The molecule has 0 aromatic heterocycles. The minimum absolute atomic E-state index is 0.794. The molecule has 16 heavy (non-hydrogen) atoms. The van der Waals surface area contributed by atoms with E-state index in [0.29, 0.717) is 0 Å². The molecule has 2 rings (SSSR count). The maximum atomic E-state index is 3.67. The molecule has 4 atom stereocenters. The van der Waals surface area contributed by atoms with Gasteiger partial charge in [-0.25, -0.2) is 0 Å². The van der Waals surface area contributed by atoms with Crippen molar-refractivity contribution < 1.29 is 0 Å². The van der Waals surface area contributed by atoms with Crippen molar-refractivity contribution in [2.75, 3.05) is 13.1 Å². The molecule has 2 fully saturated rings. The molecule has 2 heteroatoms. The second kappa shape index (κ2) is 6.02. The highest BCUT2D eigenvalue weighted by molar-refractivity contribution is 4.81. The van der Waals surface area contributed by atoms with E-state index in [9.17, 15) is 0 Å². The van der Waals surface area contributed by atoms with Crippen molar-refractivity contribution in [3.8, 4) is 0 Å². The molecular weight excluding hydrogens is 196 g/mol. The summed E-state index contributed by atoms with van der Waals surface area (Å²) in [7, 11) is 0. The largest absolute Gasteiger partial charge is 0.314 e. The summed E-state index contributed by atoms with van der Waals surface area (Å²) in [5.74, 6) is 1.87. The molecule has 0 aromatic carbocycles. The van der Waals surface area contributed by atoms with Gasteiger partial charge < -0.3 is 10.6 Å². The van der Waals surface area contributed by atoms with Crippen molar-refractivity contribution in [3.63, 3.8) is 0 Å². The third-order valence-corrected chi connectivity index (χ3v) is 4.38. The fourth-order valence-electron chi connectivity index (χ4n) is 3.28. The summed E-state index contributed by atoms with van der Waals surface area (Å²) in [6, 6.07) is 1.59. The molecule has 4 unspecified atom stereocenters. The first kappa shape index (κ1) is 12.4. The first-order valence-electron chi connectivity index (χ1n) is 7.21. The summed E-state index contributed by atoms with van der Waals surface area (Å²) < 4.78 is 0. The Morgan fingerprint density at radius 2 is 1.25 bits per heavy atom. The topological polar surface area (TPSA) is 24.1 Å². The second-order valence-electron chi connectivity index (χ2n) is 6.14. The zero-order valence-corrected chi connectivity index (χ0v) is 11.0. The lowest BCUT2D eigenvalue weighted by molar-refractivity contribution is 0.263. The molecule has 2 aliphatic rings. The molecule has 0 saturated carbocycles. The van der Waals surface area contributed by atoms with Crippen LogP contribution in [0.1, 0.15) is 52.4 Å². The van der Waals surface area contributed by atoms with E-state index >= 15 is 0 Å². The lowest BCUT2D eigenvalue weighted by Gasteiger charge is -2.32. The van der Waals surface area contributed by atoms with E-state index in [4.69, 9.17) is 0 Å². The lowest BCUT2D eigenvalue weighted by Crippen LogP contribution is -2.41. The van der Waals surface area contributed by atoms with Gasteiger partial charge in [0.25, 0.3) is 0 Å². The van der Waals surface area contributed by atoms with Crippen molar-refractivity contribution in [2.45, 2.75) is 64.5 Å². The molecule has 0 aromatic rings. The van der Waals surface area contributed by atoms with E-state index in [1.807, 2.05) is 0 Å². The van der Waals surface area contributed by atoms with Crippen molar-refractivity contribution in [1.82, 2.24) is 10.6 Å². The zero-order chi connectivity index (χ0) is 11.4. The smallest absolute Gasteiger partial charge is 0.00701 e. The van der Waals surface area contributed by atoms with Crippen LogP contribution in [0.2, 0.25) is 0 Å². The molecule has 2 N–H and O–H groups in total. The molecule has 2 aliphatic heterocycles. The fourth-order valence-corrected chi connectivity index (χ4v) is 3.28. The molecule has 2 saturated heterocycles. The van der Waals surface area contributed by atoms with Crippen LogP contribution in [-0.4, -0.2) is 25.2 Å². The average molecular weight is 224 g/mol.